The second kappa shape index (κ2) is 12.0. The highest BCUT2D eigenvalue weighted by Gasteiger charge is 2.16. The molecule has 2 heterocycles. The fourth-order valence-corrected chi connectivity index (χ4v) is 4.83. The number of rotatable bonds is 12. The van der Waals surface area contributed by atoms with Crippen molar-refractivity contribution in [3.63, 3.8) is 0 Å². The molecular formula is C26H29FN6O3S. The predicted octanol–water partition coefficient (Wildman–Crippen LogP) is 3.15. The lowest BCUT2D eigenvalue weighted by Crippen LogP contribution is -2.27. The molecule has 0 spiro atoms. The van der Waals surface area contributed by atoms with Crippen molar-refractivity contribution in [1.82, 2.24) is 24.5 Å². The smallest absolute Gasteiger partial charge is 0.240 e. The molecule has 37 heavy (non-hydrogen) atoms. The van der Waals surface area contributed by atoms with Crippen molar-refractivity contribution in [2.45, 2.75) is 24.3 Å². The Hall–Kier alpha value is -3.67. The van der Waals surface area contributed by atoms with Crippen LogP contribution in [0.2, 0.25) is 0 Å². The van der Waals surface area contributed by atoms with Crippen molar-refractivity contribution in [3.05, 3.63) is 96.0 Å². The second-order valence-electron chi connectivity index (χ2n) is 8.47. The maximum absolute atomic E-state index is 15.3. The lowest BCUT2D eigenvalue weighted by atomic mass is 10.1. The highest BCUT2D eigenvalue weighted by atomic mass is 32.2. The molecule has 0 fully saturated rings. The molecule has 0 aliphatic rings. The molecule has 11 heteroatoms. The Morgan fingerprint density at radius 2 is 1.76 bits per heavy atom. The number of nitrogens with zero attached hydrogens (tertiary/aromatic N) is 5. The minimum atomic E-state index is -3.60. The number of aryl methyl sites for hydroxylation is 2. The molecule has 0 atom stereocenters. The van der Waals surface area contributed by atoms with Gasteiger partial charge in [-0.25, -0.2) is 32.2 Å². The number of nitrogens with one attached hydrogen (secondary N) is 1. The summed E-state index contributed by atoms with van der Waals surface area (Å²) in [5.74, 6) is -0.232. The molecule has 4 aromatic rings. The summed E-state index contributed by atoms with van der Waals surface area (Å²) in [5.41, 5.74) is 3.13. The molecule has 0 aliphatic carbocycles. The topological polar surface area (TPSA) is 102 Å². The second-order valence-corrected chi connectivity index (χ2v) is 10.2. The quantitative estimate of drug-likeness (QED) is 0.284. The highest BCUT2D eigenvalue weighted by molar-refractivity contribution is 7.89. The Bertz CT molecular complexity index is 1400. The van der Waals surface area contributed by atoms with E-state index in [4.69, 9.17) is 4.74 Å². The van der Waals surface area contributed by atoms with Gasteiger partial charge >= 0.3 is 0 Å². The Labute approximate surface area is 216 Å². The van der Waals surface area contributed by atoms with Crippen molar-refractivity contribution in [2.24, 2.45) is 0 Å². The van der Waals surface area contributed by atoms with E-state index in [0.29, 0.717) is 25.1 Å². The van der Waals surface area contributed by atoms with Crippen LogP contribution in [0, 0.1) is 5.82 Å². The van der Waals surface area contributed by atoms with Crippen molar-refractivity contribution in [3.8, 4) is 5.69 Å². The molecule has 0 aliphatic heterocycles. The van der Waals surface area contributed by atoms with Crippen molar-refractivity contribution >= 4 is 15.8 Å². The van der Waals surface area contributed by atoms with E-state index in [1.54, 1.807) is 35.0 Å². The normalized spacial score (nSPS) is 11.5. The zero-order valence-electron chi connectivity index (χ0n) is 20.7. The molecule has 0 radical (unpaired) electrons. The SMILES string of the molecule is COCCNS(=O)(=O)c1ccc(CCc2ncnc(N(C)Cc3ccc(-n4cccn4)cc3)c2F)cc1. The molecule has 1 N–H and O–H groups in total. The van der Waals surface area contributed by atoms with Crippen molar-refractivity contribution < 1.29 is 17.5 Å². The van der Waals surface area contributed by atoms with Gasteiger partial charge in [0, 0.05) is 39.6 Å². The number of halogens is 1. The van der Waals surface area contributed by atoms with Crippen LogP contribution in [0.15, 0.2) is 78.2 Å². The summed E-state index contributed by atoms with van der Waals surface area (Å²) < 4.78 is 49.0. The van der Waals surface area contributed by atoms with Gasteiger partial charge in [-0.2, -0.15) is 5.10 Å². The average Bonchev–Trinajstić information content (AvgIpc) is 3.44. The van der Waals surface area contributed by atoms with Gasteiger partial charge in [-0.3, -0.25) is 0 Å². The molecule has 0 amide bonds. The van der Waals surface area contributed by atoms with Crippen LogP contribution in [0.3, 0.4) is 0 Å². The number of benzene rings is 2. The van der Waals surface area contributed by atoms with Crippen LogP contribution in [0.4, 0.5) is 10.2 Å². The van der Waals surface area contributed by atoms with Gasteiger partial charge < -0.3 is 9.64 Å². The van der Waals surface area contributed by atoms with E-state index in [0.717, 1.165) is 16.8 Å². The van der Waals surface area contributed by atoms with E-state index >= 15 is 4.39 Å². The van der Waals surface area contributed by atoms with Gasteiger partial charge in [0.25, 0.3) is 0 Å². The third-order valence-corrected chi connectivity index (χ3v) is 7.29. The number of anilines is 1. The zero-order valence-corrected chi connectivity index (χ0v) is 21.5. The van der Waals surface area contributed by atoms with Crippen LogP contribution in [-0.2, 0) is 34.1 Å². The molecule has 9 nitrogen and oxygen atoms in total. The van der Waals surface area contributed by atoms with E-state index in [1.165, 1.54) is 25.6 Å². The lowest BCUT2D eigenvalue weighted by Gasteiger charge is -2.19. The lowest BCUT2D eigenvalue weighted by molar-refractivity contribution is 0.204. The van der Waals surface area contributed by atoms with Gasteiger partial charge in [0.05, 0.1) is 22.9 Å². The standard InChI is InChI=1S/C26H29FN6O3S/c1-32(18-21-4-9-22(10-5-21)33-16-3-14-30-33)26-25(27)24(28-19-29-26)13-8-20-6-11-23(12-7-20)37(34,35)31-15-17-36-2/h3-7,9-12,14,16,19,31H,8,13,15,17-18H2,1-2H3. The molecule has 0 saturated heterocycles. The minimum absolute atomic E-state index is 0.169. The van der Waals surface area contributed by atoms with Crippen LogP contribution in [0.5, 0.6) is 0 Å². The number of ether oxygens (including phenoxy) is 1. The minimum Gasteiger partial charge on any atom is -0.383 e. The van der Waals surface area contributed by atoms with E-state index in [1.807, 2.05) is 36.5 Å². The van der Waals surface area contributed by atoms with Gasteiger partial charge in [0.15, 0.2) is 11.6 Å². The first kappa shape index (κ1) is 26.4. The first-order valence-electron chi connectivity index (χ1n) is 11.7. The van der Waals surface area contributed by atoms with Gasteiger partial charge in [0.2, 0.25) is 10.0 Å². The molecule has 0 unspecified atom stereocenters. The highest BCUT2D eigenvalue weighted by Crippen LogP contribution is 2.21. The number of sulfonamides is 1. The molecule has 0 saturated carbocycles. The first-order chi connectivity index (χ1) is 17.9. The molecular weight excluding hydrogens is 495 g/mol. The summed E-state index contributed by atoms with van der Waals surface area (Å²) in [6.07, 6.45) is 5.82. The number of methoxy groups -OCH3 is 1. The number of aromatic nitrogens is 4. The third-order valence-electron chi connectivity index (χ3n) is 5.81. The van der Waals surface area contributed by atoms with Crippen LogP contribution in [0.1, 0.15) is 16.8 Å². The fourth-order valence-electron chi connectivity index (χ4n) is 3.82. The molecule has 194 valence electrons. The molecule has 2 aromatic carbocycles. The largest absolute Gasteiger partial charge is 0.383 e. The average molecular weight is 525 g/mol. The molecule has 0 bridgehead atoms. The van der Waals surface area contributed by atoms with Crippen LogP contribution in [-0.4, -0.2) is 55.5 Å². The van der Waals surface area contributed by atoms with E-state index in [-0.39, 0.29) is 23.9 Å². The van der Waals surface area contributed by atoms with Gasteiger partial charge in [0.1, 0.15) is 6.33 Å². The van der Waals surface area contributed by atoms with E-state index < -0.39 is 15.8 Å². The fraction of sp³-hybridized carbons (Fsp3) is 0.269. The number of hydrogen-bond donors (Lipinski definition) is 1. The predicted molar refractivity (Wildman–Crippen MR) is 139 cm³/mol. The van der Waals surface area contributed by atoms with Crippen LogP contribution in [0.25, 0.3) is 5.69 Å². The third kappa shape index (κ3) is 6.76. The Morgan fingerprint density at radius 3 is 2.43 bits per heavy atom. The monoisotopic (exact) mass is 524 g/mol. The van der Waals surface area contributed by atoms with Gasteiger partial charge in [-0.05, 0) is 54.3 Å². The molecule has 2 aromatic heterocycles. The Balaban J connectivity index is 1.37. The summed E-state index contributed by atoms with van der Waals surface area (Å²) in [6, 6.07) is 16.3. The maximum Gasteiger partial charge on any atom is 0.240 e. The summed E-state index contributed by atoms with van der Waals surface area (Å²) in [7, 11) is -0.304. The summed E-state index contributed by atoms with van der Waals surface area (Å²) in [5, 5.41) is 4.22. The number of hydrogen-bond acceptors (Lipinski definition) is 7. The first-order valence-corrected chi connectivity index (χ1v) is 13.2. The van der Waals surface area contributed by atoms with E-state index in [9.17, 15) is 8.42 Å². The van der Waals surface area contributed by atoms with Gasteiger partial charge in [-0.15, -0.1) is 0 Å². The summed E-state index contributed by atoms with van der Waals surface area (Å²) in [6.45, 7) is 0.958. The Morgan fingerprint density at radius 1 is 1.03 bits per heavy atom. The van der Waals surface area contributed by atoms with Crippen LogP contribution < -0.4 is 9.62 Å². The molecule has 4 rings (SSSR count). The van der Waals surface area contributed by atoms with Crippen molar-refractivity contribution in [2.75, 3.05) is 32.2 Å². The van der Waals surface area contributed by atoms with Gasteiger partial charge in [-0.1, -0.05) is 24.3 Å². The van der Waals surface area contributed by atoms with E-state index in [2.05, 4.69) is 19.8 Å². The summed E-state index contributed by atoms with van der Waals surface area (Å²) in [4.78, 5) is 10.2. The van der Waals surface area contributed by atoms with Crippen molar-refractivity contribution in [1.29, 1.82) is 0 Å². The Kier molecular flexibility index (Phi) is 8.59. The zero-order chi connectivity index (χ0) is 26.3. The maximum atomic E-state index is 15.3. The van der Waals surface area contributed by atoms with Crippen LogP contribution >= 0.6 is 0 Å². The summed E-state index contributed by atoms with van der Waals surface area (Å²) >= 11 is 0.